The summed E-state index contributed by atoms with van der Waals surface area (Å²) in [5, 5.41) is 2.70. The van der Waals surface area contributed by atoms with Crippen molar-refractivity contribution in [2.45, 2.75) is 38.8 Å². The fraction of sp³-hybridized carbons (Fsp3) is 0.467. The number of carbonyl (C=O) groups is 2. The van der Waals surface area contributed by atoms with Crippen LogP contribution in [0.4, 0.5) is 4.79 Å². The number of methoxy groups -OCH3 is 1. The van der Waals surface area contributed by atoms with Gasteiger partial charge in [0.25, 0.3) is 0 Å². The van der Waals surface area contributed by atoms with Crippen molar-refractivity contribution >= 4 is 28.3 Å². The number of alkyl carbamates (subject to hydrolysis) is 1. The van der Waals surface area contributed by atoms with E-state index in [0.717, 1.165) is 16.3 Å². The van der Waals surface area contributed by atoms with Gasteiger partial charge in [0.15, 0.2) is 0 Å². The van der Waals surface area contributed by atoms with Gasteiger partial charge in [-0.2, -0.15) is 0 Å². The summed E-state index contributed by atoms with van der Waals surface area (Å²) in [6, 6.07) is 4.89. The molecular formula is C15H20BrNO4. The predicted molar refractivity (Wildman–Crippen MR) is 83.5 cm³/mol. The van der Waals surface area contributed by atoms with Crippen molar-refractivity contribution in [1.29, 1.82) is 0 Å². The Balaban J connectivity index is 2.96. The molecule has 0 bridgehead atoms. The third-order valence-electron chi connectivity index (χ3n) is 2.60. The molecule has 0 heterocycles. The maximum Gasteiger partial charge on any atom is 0.408 e. The van der Waals surface area contributed by atoms with E-state index in [9.17, 15) is 9.59 Å². The van der Waals surface area contributed by atoms with Gasteiger partial charge in [0.1, 0.15) is 17.6 Å². The van der Waals surface area contributed by atoms with Gasteiger partial charge < -0.3 is 19.6 Å². The zero-order valence-corrected chi connectivity index (χ0v) is 14.2. The second-order valence-electron chi connectivity index (χ2n) is 5.49. The van der Waals surface area contributed by atoms with E-state index in [1.807, 2.05) is 6.07 Å². The van der Waals surface area contributed by atoms with Gasteiger partial charge in [-0.25, -0.2) is 4.79 Å². The Morgan fingerprint density at radius 3 is 2.62 bits per heavy atom. The lowest BCUT2D eigenvalue weighted by molar-refractivity contribution is -0.108. The number of nitrogens with one attached hydrogen (secondary N) is 1. The van der Waals surface area contributed by atoms with Crippen LogP contribution in [-0.4, -0.2) is 25.1 Å². The van der Waals surface area contributed by atoms with Crippen molar-refractivity contribution in [3.8, 4) is 5.75 Å². The smallest absolute Gasteiger partial charge is 0.408 e. The summed E-state index contributed by atoms with van der Waals surface area (Å²) in [7, 11) is 1.56. The number of rotatable bonds is 5. The van der Waals surface area contributed by atoms with Crippen molar-refractivity contribution in [3.05, 3.63) is 28.2 Å². The van der Waals surface area contributed by atoms with Crippen LogP contribution in [0.3, 0.4) is 0 Å². The van der Waals surface area contributed by atoms with Crippen molar-refractivity contribution in [2.75, 3.05) is 7.11 Å². The average Bonchev–Trinajstić information content (AvgIpc) is 2.36. The van der Waals surface area contributed by atoms with Crippen LogP contribution in [-0.2, 0) is 9.53 Å². The SMILES string of the molecule is COc1ccc(Br)c([C@H](CC=O)NC(=O)OC(C)(C)C)c1. The minimum atomic E-state index is -0.596. The quantitative estimate of drug-likeness (QED) is 0.817. The van der Waals surface area contributed by atoms with Crippen molar-refractivity contribution < 1.29 is 19.1 Å². The van der Waals surface area contributed by atoms with Crippen LogP contribution in [0.1, 0.15) is 38.8 Å². The van der Waals surface area contributed by atoms with Gasteiger partial charge in [0.2, 0.25) is 0 Å². The summed E-state index contributed by atoms with van der Waals surface area (Å²) in [5.41, 5.74) is 0.161. The fourth-order valence-corrected chi connectivity index (χ4v) is 2.25. The van der Waals surface area contributed by atoms with E-state index in [0.29, 0.717) is 5.75 Å². The monoisotopic (exact) mass is 357 g/mol. The molecule has 1 atom stereocenters. The lowest BCUT2D eigenvalue weighted by Crippen LogP contribution is -2.35. The molecule has 0 unspecified atom stereocenters. The second-order valence-corrected chi connectivity index (χ2v) is 6.34. The zero-order valence-electron chi connectivity index (χ0n) is 12.6. The second kappa shape index (κ2) is 7.45. The molecule has 1 rings (SSSR count). The summed E-state index contributed by atoms with van der Waals surface area (Å²) in [4.78, 5) is 22.8. The molecule has 1 aromatic rings. The molecule has 116 valence electrons. The number of halogens is 1. The summed E-state index contributed by atoms with van der Waals surface area (Å²) in [5.74, 6) is 0.648. The van der Waals surface area contributed by atoms with E-state index in [1.54, 1.807) is 40.0 Å². The molecule has 0 radical (unpaired) electrons. The summed E-state index contributed by atoms with van der Waals surface area (Å²) in [6.07, 6.45) is 0.336. The molecule has 1 amide bonds. The van der Waals surface area contributed by atoms with Crippen molar-refractivity contribution in [2.24, 2.45) is 0 Å². The van der Waals surface area contributed by atoms with Crippen molar-refractivity contribution in [1.82, 2.24) is 5.32 Å². The predicted octanol–water partition coefficient (Wildman–Crippen LogP) is 3.61. The maximum atomic E-state index is 11.9. The molecule has 0 saturated heterocycles. The normalized spacial score (nSPS) is 12.4. The minimum absolute atomic E-state index is 0.144. The third-order valence-corrected chi connectivity index (χ3v) is 3.32. The van der Waals surface area contributed by atoms with E-state index >= 15 is 0 Å². The van der Waals surface area contributed by atoms with E-state index in [4.69, 9.17) is 9.47 Å². The first-order valence-corrected chi connectivity index (χ1v) is 7.32. The molecular weight excluding hydrogens is 338 g/mol. The van der Waals surface area contributed by atoms with E-state index < -0.39 is 17.7 Å². The van der Waals surface area contributed by atoms with Crippen LogP contribution in [0.2, 0.25) is 0 Å². The number of benzene rings is 1. The highest BCUT2D eigenvalue weighted by atomic mass is 79.9. The van der Waals surface area contributed by atoms with Gasteiger partial charge >= 0.3 is 6.09 Å². The molecule has 0 saturated carbocycles. The van der Waals surface area contributed by atoms with E-state index in [2.05, 4.69) is 21.2 Å². The molecule has 0 spiro atoms. The first kappa shape index (κ1) is 17.5. The van der Waals surface area contributed by atoms with E-state index in [1.165, 1.54) is 0 Å². The van der Waals surface area contributed by atoms with Gasteiger partial charge in [-0.15, -0.1) is 0 Å². The largest absolute Gasteiger partial charge is 0.497 e. The first-order valence-electron chi connectivity index (χ1n) is 6.53. The molecule has 6 heteroatoms. The number of amides is 1. The van der Waals surface area contributed by atoms with Crippen LogP contribution in [0.15, 0.2) is 22.7 Å². The van der Waals surface area contributed by atoms with Gasteiger partial charge in [-0.05, 0) is 44.5 Å². The highest BCUT2D eigenvalue weighted by Crippen LogP contribution is 2.29. The lowest BCUT2D eigenvalue weighted by Gasteiger charge is -2.23. The van der Waals surface area contributed by atoms with Crippen LogP contribution in [0, 0.1) is 0 Å². The summed E-state index contributed by atoms with van der Waals surface area (Å²) >= 11 is 3.42. The maximum absolute atomic E-state index is 11.9. The molecule has 21 heavy (non-hydrogen) atoms. The molecule has 0 fully saturated rings. The number of hydrogen-bond acceptors (Lipinski definition) is 4. The highest BCUT2D eigenvalue weighted by molar-refractivity contribution is 9.10. The molecule has 0 aromatic heterocycles. The molecule has 0 aliphatic rings. The average molecular weight is 358 g/mol. The van der Waals surface area contributed by atoms with Crippen LogP contribution < -0.4 is 10.1 Å². The number of aldehydes is 1. The Labute approximate surface area is 133 Å². The Bertz CT molecular complexity index is 511. The van der Waals surface area contributed by atoms with E-state index in [-0.39, 0.29) is 6.42 Å². The summed E-state index contributed by atoms with van der Waals surface area (Å²) in [6.45, 7) is 5.34. The van der Waals surface area contributed by atoms with Crippen molar-refractivity contribution in [3.63, 3.8) is 0 Å². The molecule has 1 aromatic carbocycles. The number of hydrogen-bond donors (Lipinski definition) is 1. The Morgan fingerprint density at radius 2 is 2.10 bits per heavy atom. The zero-order chi connectivity index (χ0) is 16.0. The lowest BCUT2D eigenvalue weighted by atomic mass is 10.0. The van der Waals surface area contributed by atoms with Gasteiger partial charge in [-0.3, -0.25) is 0 Å². The van der Waals surface area contributed by atoms with Gasteiger partial charge in [0.05, 0.1) is 13.2 Å². The Kier molecular flexibility index (Phi) is 6.20. The third kappa shape index (κ3) is 5.75. The Morgan fingerprint density at radius 1 is 1.43 bits per heavy atom. The van der Waals surface area contributed by atoms with Gasteiger partial charge in [-0.1, -0.05) is 15.9 Å². The Hall–Kier alpha value is -1.56. The fourth-order valence-electron chi connectivity index (χ4n) is 1.73. The molecule has 1 N–H and O–H groups in total. The minimum Gasteiger partial charge on any atom is -0.497 e. The highest BCUT2D eigenvalue weighted by Gasteiger charge is 2.22. The topological polar surface area (TPSA) is 64.6 Å². The van der Waals surface area contributed by atoms with Gasteiger partial charge in [0, 0.05) is 10.9 Å². The molecule has 0 aliphatic carbocycles. The molecule has 0 aliphatic heterocycles. The number of carbonyl (C=O) groups excluding carboxylic acids is 2. The number of ether oxygens (including phenoxy) is 2. The van der Waals surface area contributed by atoms with Crippen LogP contribution >= 0.6 is 15.9 Å². The molecule has 5 nitrogen and oxygen atoms in total. The van der Waals surface area contributed by atoms with Crippen LogP contribution in [0.25, 0.3) is 0 Å². The summed E-state index contributed by atoms with van der Waals surface area (Å²) < 4.78 is 11.2. The standard InChI is InChI=1S/C15H20BrNO4/c1-15(2,3)21-14(19)17-13(7-8-18)11-9-10(20-4)5-6-12(11)16/h5-6,8-9,13H,7H2,1-4H3,(H,17,19)/t13-/m0/s1. The first-order chi connectivity index (χ1) is 9.76. The van der Waals surface area contributed by atoms with Crippen LogP contribution in [0.5, 0.6) is 5.75 Å².